The number of carbonyl (C=O) groups excluding carboxylic acids is 3. The van der Waals surface area contributed by atoms with Crippen LogP contribution >= 0.6 is 0 Å². The molecule has 1 heterocycles. The van der Waals surface area contributed by atoms with Gasteiger partial charge in [-0.3, -0.25) is 19.4 Å². The average Bonchev–Trinajstić information content (AvgIpc) is 2.80. The molecule has 1 fully saturated rings. The molecule has 4 rings (SSSR count). The topological polar surface area (TPSA) is 79.0 Å². The van der Waals surface area contributed by atoms with Gasteiger partial charge in [0.1, 0.15) is 18.2 Å². The summed E-state index contributed by atoms with van der Waals surface area (Å²) in [6, 6.07) is 15.8. The van der Waals surface area contributed by atoms with Gasteiger partial charge < -0.3 is 10.1 Å². The standard InChI is InChI=1S/C27H33N3O4/c1-27(2,3)34-26(33)29-18-23(31)30(22-17-11-10-16-21(22)29)24(19-12-6-4-7-13-19)25(32)28-20-14-8-5-9-15-20/h4,6-7,10-13,16-17,20,24H,5,8-9,14-15,18H2,1-3H3,(H,28,32). The second-order valence-corrected chi connectivity index (χ2v) is 9.98. The van der Waals surface area contributed by atoms with Crippen LogP contribution in [0.25, 0.3) is 0 Å². The fraction of sp³-hybridized carbons (Fsp3) is 0.444. The molecule has 1 saturated carbocycles. The normalized spacial score (nSPS) is 17.7. The van der Waals surface area contributed by atoms with E-state index in [4.69, 9.17) is 4.74 Å². The molecule has 3 amide bonds. The Labute approximate surface area is 201 Å². The Kier molecular flexibility index (Phi) is 6.91. The van der Waals surface area contributed by atoms with Gasteiger partial charge in [-0.1, -0.05) is 61.7 Å². The number of benzene rings is 2. The minimum atomic E-state index is -0.836. The van der Waals surface area contributed by atoms with Crippen LogP contribution in [0, 0.1) is 0 Å². The van der Waals surface area contributed by atoms with E-state index in [1.54, 1.807) is 39.0 Å². The SMILES string of the molecule is CC(C)(C)OC(=O)N1CC(=O)N(C(C(=O)NC2CCCCC2)c2ccccc2)c2ccccc21. The molecule has 1 aliphatic carbocycles. The van der Waals surface area contributed by atoms with Gasteiger partial charge in [0.25, 0.3) is 0 Å². The summed E-state index contributed by atoms with van der Waals surface area (Å²) in [5.74, 6) is -0.538. The van der Waals surface area contributed by atoms with Crippen molar-refractivity contribution in [1.29, 1.82) is 0 Å². The van der Waals surface area contributed by atoms with Gasteiger partial charge in [0.2, 0.25) is 11.8 Å². The van der Waals surface area contributed by atoms with E-state index < -0.39 is 17.7 Å². The van der Waals surface area contributed by atoms with E-state index in [9.17, 15) is 14.4 Å². The van der Waals surface area contributed by atoms with Crippen LogP contribution in [0.15, 0.2) is 54.6 Å². The Morgan fingerprint density at radius 3 is 2.21 bits per heavy atom. The molecule has 7 heteroatoms. The van der Waals surface area contributed by atoms with E-state index in [0.717, 1.165) is 31.2 Å². The van der Waals surface area contributed by atoms with Crippen LogP contribution in [0.2, 0.25) is 0 Å². The number of rotatable bonds is 4. The molecule has 0 spiro atoms. The highest BCUT2D eigenvalue weighted by molar-refractivity contribution is 6.12. The van der Waals surface area contributed by atoms with Crippen molar-refractivity contribution in [2.45, 2.75) is 70.6 Å². The summed E-state index contributed by atoms with van der Waals surface area (Å²) in [5.41, 5.74) is 1.09. The van der Waals surface area contributed by atoms with Gasteiger partial charge in [-0.05, 0) is 51.3 Å². The van der Waals surface area contributed by atoms with Crippen LogP contribution in [-0.2, 0) is 14.3 Å². The zero-order valence-electron chi connectivity index (χ0n) is 20.1. The Bertz CT molecular complexity index is 1040. The second-order valence-electron chi connectivity index (χ2n) is 9.98. The molecule has 2 aromatic rings. The molecule has 2 aliphatic rings. The van der Waals surface area contributed by atoms with Gasteiger partial charge >= 0.3 is 6.09 Å². The summed E-state index contributed by atoms with van der Waals surface area (Å²) in [5, 5.41) is 3.19. The van der Waals surface area contributed by atoms with Crippen molar-refractivity contribution in [3.63, 3.8) is 0 Å². The summed E-state index contributed by atoms with van der Waals surface area (Å²) in [4.78, 5) is 43.0. The van der Waals surface area contributed by atoms with Crippen molar-refractivity contribution in [2.75, 3.05) is 16.3 Å². The molecular weight excluding hydrogens is 430 g/mol. The summed E-state index contributed by atoms with van der Waals surface area (Å²) in [6.45, 7) is 5.16. The third kappa shape index (κ3) is 5.24. The fourth-order valence-corrected chi connectivity index (χ4v) is 4.67. The molecule has 2 aromatic carbocycles. The van der Waals surface area contributed by atoms with Crippen molar-refractivity contribution >= 4 is 29.3 Å². The molecule has 1 atom stereocenters. The molecule has 0 radical (unpaired) electrons. The Morgan fingerprint density at radius 1 is 0.941 bits per heavy atom. The number of ether oxygens (including phenoxy) is 1. The maximum absolute atomic E-state index is 13.7. The lowest BCUT2D eigenvalue weighted by atomic mass is 9.94. The lowest BCUT2D eigenvalue weighted by molar-refractivity contribution is -0.127. The number of hydrogen-bond acceptors (Lipinski definition) is 4. The Hall–Kier alpha value is -3.35. The van der Waals surface area contributed by atoms with Gasteiger partial charge in [-0.15, -0.1) is 0 Å². The van der Waals surface area contributed by atoms with Crippen molar-refractivity contribution in [2.24, 2.45) is 0 Å². The largest absolute Gasteiger partial charge is 0.443 e. The number of carbonyl (C=O) groups is 3. The van der Waals surface area contributed by atoms with E-state index in [0.29, 0.717) is 11.4 Å². The van der Waals surface area contributed by atoms with Crippen LogP contribution in [0.5, 0.6) is 0 Å². The number of fused-ring (bicyclic) bond motifs is 1. The van der Waals surface area contributed by atoms with Crippen molar-refractivity contribution < 1.29 is 19.1 Å². The first-order valence-corrected chi connectivity index (χ1v) is 12.0. The number of nitrogens with one attached hydrogen (secondary N) is 1. The number of hydrogen-bond donors (Lipinski definition) is 1. The maximum atomic E-state index is 13.7. The first-order valence-electron chi connectivity index (χ1n) is 12.0. The third-order valence-corrected chi connectivity index (χ3v) is 6.18. The maximum Gasteiger partial charge on any atom is 0.415 e. The molecule has 7 nitrogen and oxygen atoms in total. The molecule has 1 unspecified atom stereocenters. The van der Waals surface area contributed by atoms with Gasteiger partial charge in [0.05, 0.1) is 11.4 Å². The molecule has 1 N–H and O–H groups in total. The Balaban J connectivity index is 1.71. The number of nitrogens with zero attached hydrogens (tertiary/aromatic N) is 2. The summed E-state index contributed by atoms with van der Waals surface area (Å²) >= 11 is 0. The van der Waals surface area contributed by atoms with Gasteiger partial charge in [0.15, 0.2) is 0 Å². The van der Waals surface area contributed by atoms with E-state index in [1.165, 1.54) is 16.2 Å². The zero-order valence-corrected chi connectivity index (χ0v) is 20.1. The smallest absolute Gasteiger partial charge is 0.415 e. The first kappa shape index (κ1) is 23.8. The van der Waals surface area contributed by atoms with Crippen molar-refractivity contribution in [3.05, 3.63) is 60.2 Å². The number of amides is 3. The van der Waals surface area contributed by atoms with Crippen molar-refractivity contribution in [1.82, 2.24) is 5.32 Å². The zero-order chi connectivity index (χ0) is 24.3. The van der Waals surface area contributed by atoms with Gasteiger partial charge in [0, 0.05) is 6.04 Å². The number of para-hydroxylation sites is 2. The molecule has 0 aromatic heterocycles. The molecule has 34 heavy (non-hydrogen) atoms. The Morgan fingerprint density at radius 2 is 1.56 bits per heavy atom. The van der Waals surface area contributed by atoms with Crippen LogP contribution in [0.3, 0.4) is 0 Å². The minimum absolute atomic E-state index is 0.112. The highest BCUT2D eigenvalue weighted by Crippen LogP contribution is 2.39. The van der Waals surface area contributed by atoms with E-state index in [2.05, 4.69) is 5.32 Å². The van der Waals surface area contributed by atoms with Crippen molar-refractivity contribution in [3.8, 4) is 0 Å². The quantitative estimate of drug-likeness (QED) is 0.695. The minimum Gasteiger partial charge on any atom is -0.443 e. The summed E-state index contributed by atoms with van der Waals surface area (Å²) in [7, 11) is 0. The molecule has 0 saturated heterocycles. The van der Waals surface area contributed by atoms with Crippen LogP contribution in [0.4, 0.5) is 16.2 Å². The van der Waals surface area contributed by atoms with E-state index in [-0.39, 0.29) is 24.4 Å². The van der Waals surface area contributed by atoms with E-state index >= 15 is 0 Å². The molecule has 1 aliphatic heterocycles. The van der Waals surface area contributed by atoms with E-state index in [1.807, 2.05) is 36.4 Å². The van der Waals surface area contributed by atoms with Crippen LogP contribution in [-0.4, -0.2) is 36.1 Å². The summed E-state index contributed by atoms with van der Waals surface area (Å²) in [6.07, 6.45) is 4.69. The lowest BCUT2D eigenvalue weighted by Gasteiger charge is -2.40. The van der Waals surface area contributed by atoms with Gasteiger partial charge in [-0.2, -0.15) is 0 Å². The predicted octanol–water partition coefficient (Wildman–Crippen LogP) is 4.96. The van der Waals surface area contributed by atoms with Crippen LogP contribution in [0.1, 0.15) is 64.5 Å². The summed E-state index contributed by atoms with van der Waals surface area (Å²) < 4.78 is 5.55. The first-order chi connectivity index (χ1) is 16.2. The third-order valence-electron chi connectivity index (χ3n) is 6.18. The molecular formula is C27H33N3O4. The second kappa shape index (κ2) is 9.87. The molecule has 0 bridgehead atoms. The van der Waals surface area contributed by atoms with Crippen LogP contribution < -0.4 is 15.1 Å². The van der Waals surface area contributed by atoms with Gasteiger partial charge in [-0.25, -0.2) is 4.79 Å². The highest BCUT2D eigenvalue weighted by atomic mass is 16.6. The lowest BCUT2D eigenvalue weighted by Crippen LogP contribution is -2.54. The monoisotopic (exact) mass is 463 g/mol. The highest BCUT2D eigenvalue weighted by Gasteiger charge is 2.41. The fourth-order valence-electron chi connectivity index (χ4n) is 4.67. The molecule has 180 valence electrons. The average molecular weight is 464 g/mol. The predicted molar refractivity (Wildman–Crippen MR) is 132 cm³/mol. The number of anilines is 2.